The molecule has 0 aliphatic heterocycles. The van der Waals surface area contributed by atoms with Crippen molar-refractivity contribution in [3.05, 3.63) is 42.0 Å². The van der Waals surface area contributed by atoms with E-state index in [-0.39, 0.29) is 54.4 Å². The Kier molecular flexibility index (Phi) is 7.52. The molecule has 222 valence electrons. The number of benzene rings is 1. The lowest BCUT2D eigenvalue weighted by Gasteiger charge is -2.54. The Hall–Kier alpha value is -1.31. The highest BCUT2D eigenvalue weighted by molar-refractivity contribution is 7.92. The fraction of sp³-hybridized carbons (Fsp3) is 0.758. The molecule has 0 bridgehead atoms. The minimum absolute atomic E-state index is 0.0279. The molecular formula is C33H46F2O4S. The first kappa shape index (κ1) is 28.8. The maximum Gasteiger partial charge on any atom is 0.248 e. The van der Waals surface area contributed by atoms with Crippen LogP contribution in [0, 0.1) is 35.0 Å². The SMILES string of the molecule is CC12CCC3C4CCC(O)CC4=CCC3C1CCC2CC(CC1(O)CCC(F)(F)CC1)S(=O)(=O)c1ccccc1. The summed E-state index contributed by atoms with van der Waals surface area (Å²) in [5, 5.41) is 20.8. The second kappa shape index (κ2) is 10.4. The van der Waals surface area contributed by atoms with Gasteiger partial charge in [-0.25, -0.2) is 17.2 Å². The van der Waals surface area contributed by atoms with E-state index in [2.05, 4.69) is 13.0 Å². The second-order valence-corrected chi connectivity index (χ2v) is 16.5. The highest BCUT2D eigenvalue weighted by atomic mass is 32.2. The Bertz CT molecular complexity index is 1200. The van der Waals surface area contributed by atoms with Gasteiger partial charge in [0.15, 0.2) is 9.84 Å². The van der Waals surface area contributed by atoms with Crippen LogP contribution < -0.4 is 0 Å². The molecule has 5 aliphatic rings. The Morgan fingerprint density at radius 1 is 0.950 bits per heavy atom. The van der Waals surface area contributed by atoms with Crippen LogP contribution in [0.1, 0.15) is 96.8 Å². The zero-order chi connectivity index (χ0) is 28.3. The Balaban J connectivity index is 1.25. The van der Waals surface area contributed by atoms with Gasteiger partial charge in [-0.1, -0.05) is 36.8 Å². The van der Waals surface area contributed by atoms with Crippen molar-refractivity contribution in [1.82, 2.24) is 0 Å². The lowest BCUT2D eigenvalue weighted by molar-refractivity contribution is -0.107. The summed E-state index contributed by atoms with van der Waals surface area (Å²) >= 11 is 0. The minimum atomic E-state index is -3.74. The molecule has 4 fully saturated rings. The van der Waals surface area contributed by atoms with Crippen molar-refractivity contribution in [2.45, 2.75) is 125 Å². The van der Waals surface area contributed by atoms with Gasteiger partial charge < -0.3 is 10.2 Å². The maximum atomic E-state index is 14.1. The molecule has 4 saturated carbocycles. The van der Waals surface area contributed by atoms with Crippen LogP contribution >= 0.6 is 0 Å². The number of sulfone groups is 1. The number of alkyl halides is 2. The second-order valence-electron chi connectivity index (χ2n) is 14.3. The summed E-state index contributed by atoms with van der Waals surface area (Å²) < 4.78 is 56.0. The first-order valence-corrected chi connectivity index (χ1v) is 17.2. The summed E-state index contributed by atoms with van der Waals surface area (Å²) in [6, 6.07) is 8.49. The van der Waals surface area contributed by atoms with E-state index in [4.69, 9.17) is 0 Å². The van der Waals surface area contributed by atoms with Crippen LogP contribution in [-0.4, -0.2) is 41.5 Å². The zero-order valence-electron chi connectivity index (χ0n) is 23.8. The van der Waals surface area contributed by atoms with Gasteiger partial charge in [-0.05, 0) is 124 Å². The number of allylic oxidation sites excluding steroid dienone is 1. The number of aliphatic hydroxyl groups is 2. The monoisotopic (exact) mass is 576 g/mol. The van der Waals surface area contributed by atoms with E-state index in [0.29, 0.717) is 30.1 Å². The van der Waals surface area contributed by atoms with Gasteiger partial charge in [0.05, 0.1) is 21.9 Å². The number of halogens is 2. The number of fused-ring (bicyclic) bond motifs is 5. The van der Waals surface area contributed by atoms with Crippen molar-refractivity contribution in [1.29, 1.82) is 0 Å². The summed E-state index contributed by atoms with van der Waals surface area (Å²) in [5.74, 6) is -0.128. The molecule has 8 unspecified atom stereocenters. The largest absolute Gasteiger partial charge is 0.393 e. The molecule has 0 aromatic heterocycles. The van der Waals surface area contributed by atoms with Gasteiger partial charge >= 0.3 is 0 Å². The van der Waals surface area contributed by atoms with Crippen LogP contribution in [0.25, 0.3) is 0 Å². The molecule has 5 aliphatic carbocycles. The van der Waals surface area contributed by atoms with Gasteiger partial charge in [0.2, 0.25) is 5.92 Å². The summed E-state index contributed by atoms with van der Waals surface area (Å²) in [4.78, 5) is 0.262. The van der Waals surface area contributed by atoms with Gasteiger partial charge in [0.25, 0.3) is 0 Å². The lowest BCUT2D eigenvalue weighted by atomic mass is 9.51. The van der Waals surface area contributed by atoms with Crippen molar-refractivity contribution in [3.63, 3.8) is 0 Å². The van der Waals surface area contributed by atoms with E-state index in [1.165, 1.54) is 5.57 Å². The third-order valence-electron chi connectivity index (χ3n) is 12.2. The van der Waals surface area contributed by atoms with Crippen LogP contribution in [0.5, 0.6) is 0 Å². The normalized spacial score (nSPS) is 39.4. The molecule has 7 heteroatoms. The fourth-order valence-electron chi connectivity index (χ4n) is 9.89. The summed E-state index contributed by atoms with van der Waals surface area (Å²) in [6.07, 6.45) is 10.0. The highest BCUT2D eigenvalue weighted by Crippen LogP contribution is 2.64. The average Bonchev–Trinajstić information content (AvgIpc) is 3.26. The number of rotatable bonds is 6. The van der Waals surface area contributed by atoms with Gasteiger partial charge in [-0.15, -0.1) is 0 Å². The van der Waals surface area contributed by atoms with Crippen molar-refractivity contribution in [2.75, 3.05) is 0 Å². The Labute approximate surface area is 238 Å². The van der Waals surface area contributed by atoms with E-state index in [0.717, 1.165) is 51.4 Å². The van der Waals surface area contributed by atoms with Crippen molar-refractivity contribution in [2.24, 2.45) is 35.0 Å². The summed E-state index contributed by atoms with van der Waals surface area (Å²) in [7, 11) is -3.74. The minimum Gasteiger partial charge on any atom is -0.393 e. The predicted octanol–water partition coefficient (Wildman–Crippen LogP) is 7.10. The molecule has 6 rings (SSSR count). The number of aliphatic hydroxyl groups excluding tert-OH is 1. The third-order valence-corrected chi connectivity index (χ3v) is 14.4. The molecule has 4 nitrogen and oxygen atoms in total. The maximum absolute atomic E-state index is 14.1. The van der Waals surface area contributed by atoms with Crippen LogP contribution in [0.4, 0.5) is 8.78 Å². The topological polar surface area (TPSA) is 74.6 Å². The molecule has 40 heavy (non-hydrogen) atoms. The number of hydrogen-bond acceptors (Lipinski definition) is 4. The van der Waals surface area contributed by atoms with Crippen molar-refractivity contribution >= 4 is 9.84 Å². The van der Waals surface area contributed by atoms with E-state index >= 15 is 0 Å². The Morgan fingerprint density at radius 3 is 2.40 bits per heavy atom. The predicted molar refractivity (Wildman–Crippen MR) is 152 cm³/mol. The van der Waals surface area contributed by atoms with Gasteiger partial charge in [0, 0.05) is 12.8 Å². The molecule has 1 aromatic rings. The third kappa shape index (κ3) is 5.21. The van der Waals surface area contributed by atoms with Gasteiger partial charge in [0.1, 0.15) is 0 Å². The highest BCUT2D eigenvalue weighted by Gasteiger charge is 2.57. The molecule has 2 N–H and O–H groups in total. The fourth-order valence-corrected chi connectivity index (χ4v) is 11.8. The summed E-state index contributed by atoms with van der Waals surface area (Å²) in [6.45, 7) is 2.39. The lowest BCUT2D eigenvalue weighted by Crippen LogP contribution is -2.47. The first-order chi connectivity index (χ1) is 18.9. The van der Waals surface area contributed by atoms with Crippen LogP contribution in [0.2, 0.25) is 0 Å². The van der Waals surface area contributed by atoms with E-state index < -0.39 is 26.6 Å². The molecule has 0 heterocycles. The van der Waals surface area contributed by atoms with Gasteiger partial charge in [-0.2, -0.15) is 0 Å². The van der Waals surface area contributed by atoms with Crippen LogP contribution in [0.3, 0.4) is 0 Å². The average molecular weight is 577 g/mol. The molecule has 0 saturated heterocycles. The van der Waals surface area contributed by atoms with Crippen molar-refractivity contribution in [3.8, 4) is 0 Å². The standard InChI is InChI=1S/C33H46F2O4S/c1-31-14-13-28-27-11-9-24(36)19-22(27)7-10-29(28)30(31)12-8-23(31)20-26(40(38,39)25-5-3-2-4-6-25)21-32(37)15-17-33(34,35)18-16-32/h2-7,23-24,26-30,36-37H,8-21H2,1H3. The molecule has 0 amide bonds. The molecule has 8 atom stereocenters. The van der Waals surface area contributed by atoms with Crippen LogP contribution in [-0.2, 0) is 9.84 Å². The van der Waals surface area contributed by atoms with Crippen molar-refractivity contribution < 1.29 is 27.4 Å². The smallest absolute Gasteiger partial charge is 0.248 e. The van der Waals surface area contributed by atoms with Crippen LogP contribution in [0.15, 0.2) is 46.9 Å². The number of hydrogen-bond donors (Lipinski definition) is 2. The molecular weight excluding hydrogens is 530 g/mol. The first-order valence-electron chi connectivity index (χ1n) is 15.7. The van der Waals surface area contributed by atoms with E-state index in [1.54, 1.807) is 30.3 Å². The Morgan fingerprint density at radius 2 is 1.68 bits per heavy atom. The van der Waals surface area contributed by atoms with E-state index in [1.807, 2.05) is 0 Å². The quantitative estimate of drug-likeness (QED) is 0.354. The molecule has 1 aromatic carbocycles. The van der Waals surface area contributed by atoms with Gasteiger partial charge in [-0.3, -0.25) is 0 Å². The molecule has 0 spiro atoms. The van der Waals surface area contributed by atoms with E-state index in [9.17, 15) is 27.4 Å². The zero-order valence-corrected chi connectivity index (χ0v) is 24.6. The summed E-state index contributed by atoms with van der Waals surface area (Å²) in [5.41, 5.74) is 0.146. The molecule has 0 radical (unpaired) electrons.